The SMILES string of the molecule is [LiH].c1ccc2ocnc2c1. The van der Waals surface area contributed by atoms with Crippen molar-refractivity contribution in [3.05, 3.63) is 30.7 Å². The number of nitrogens with zero attached hydrogens (tertiary/aromatic N) is 1. The van der Waals surface area contributed by atoms with Gasteiger partial charge in [-0.25, -0.2) is 4.98 Å². The molecule has 0 radical (unpaired) electrons. The molecule has 0 N–H and O–H groups in total. The van der Waals surface area contributed by atoms with E-state index < -0.39 is 0 Å². The van der Waals surface area contributed by atoms with Crippen LogP contribution >= 0.6 is 0 Å². The smallest absolute Gasteiger partial charge is 0.181 e. The van der Waals surface area contributed by atoms with Crippen LogP contribution in [0.4, 0.5) is 0 Å². The third kappa shape index (κ3) is 1.09. The van der Waals surface area contributed by atoms with Gasteiger partial charge in [0.1, 0.15) is 5.52 Å². The van der Waals surface area contributed by atoms with Crippen molar-refractivity contribution in [3.63, 3.8) is 0 Å². The monoisotopic (exact) mass is 127 g/mol. The summed E-state index contributed by atoms with van der Waals surface area (Å²) in [6.07, 6.45) is 1.45. The molecule has 2 rings (SSSR count). The number of rotatable bonds is 0. The summed E-state index contributed by atoms with van der Waals surface area (Å²) in [5, 5.41) is 0. The molecular formula is C7H6LiNO. The summed E-state index contributed by atoms with van der Waals surface area (Å²) in [7, 11) is 0. The minimum Gasteiger partial charge on any atom is -0.443 e. The van der Waals surface area contributed by atoms with E-state index in [0.717, 1.165) is 11.1 Å². The van der Waals surface area contributed by atoms with Gasteiger partial charge in [0.25, 0.3) is 0 Å². The maximum Gasteiger partial charge on any atom is 0.181 e. The first-order valence-corrected chi connectivity index (χ1v) is 2.75. The Balaban J connectivity index is 0.000000500. The quantitative estimate of drug-likeness (QED) is 0.496. The van der Waals surface area contributed by atoms with Gasteiger partial charge in [0.15, 0.2) is 12.0 Å². The molecule has 2 aromatic rings. The molecule has 1 heterocycles. The largest absolute Gasteiger partial charge is 0.443 e. The normalized spacial score (nSPS) is 9.20. The minimum absolute atomic E-state index is 0. The van der Waals surface area contributed by atoms with Crippen LogP contribution in [0.25, 0.3) is 11.1 Å². The summed E-state index contributed by atoms with van der Waals surface area (Å²) in [6.45, 7) is 0. The molecule has 0 aliphatic rings. The molecule has 0 spiro atoms. The molecule has 0 saturated carbocycles. The number of hydrogen-bond acceptors (Lipinski definition) is 2. The van der Waals surface area contributed by atoms with Crippen molar-refractivity contribution in [1.29, 1.82) is 0 Å². The van der Waals surface area contributed by atoms with Crippen LogP contribution in [0.2, 0.25) is 0 Å². The number of benzene rings is 1. The molecule has 1 aromatic carbocycles. The molecule has 0 saturated heterocycles. The van der Waals surface area contributed by atoms with Crippen molar-refractivity contribution >= 4 is 30.0 Å². The van der Waals surface area contributed by atoms with E-state index >= 15 is 0 Å². The van der Waals surface area contributed by atoms with E-state index in [0.29, 0.717) is 0 Å². The molecule has 0 fully saturated rings. The molecule has 0 bridgehead atoms. The summed E-state index contributed by atoms with van der Waals surface area (Å²) >= 11 is 0. The Morgan fingerprint density at radius 2 is 2.00 bits per heavy atom. The maximum absolute atomic E-state index is 5.01. The van der Waals surface area contributed by atoms with E-state index in [2.05, 4.69) is 4.98 Å². The van der Waals surface area contributed by atoms with Crippen LogP contribution in [0.5, 0.6) is 0 Å². The predicted octanol–water partition coefficient (Wildman–Crippen LogP) is 1.18. The molecule has 2 nitrogen and oxygen atoms in total. The van der Waals surface area contributed by atoms with Gasteiger partial charge in [0.05, 0.1) is 0 Å². The fraction of sp³-hybridized carbons (Fsp3) is 0. The number of oxazole rings is 1. The summed E-state index contributed by atoms with van der Waals surface area (Å²) in [4.78, 5) is 3.95. The molecule has 0 unspecified atom stereocenters. The van der Waals surface area contributed by atoms with Crippen molar-refractivity contribution in [3.8, 4) is 0 Å². The molecule has 10 heavy (non-hydrogen) atoms. The first-order valence-electron chi connectivity index (χ1n) is 2.75. The van der Waals surface area contributed by atoms with Crippen molar-refractivity contribution < 1.29 is 4.42 Å². The summed E-state index contributed by atoms with van der Waals surface area (Å²) in [6, 6.07) is 7.67. The standard InChI is InChI=1S/C7H5NO.Li.H/c1-2-4-7-6(3-1)8-5-9-7;;/h1-5H;;. The molecule has 46 valence electrons. The Kier molecular flexibility index (Phi) is 2.16. The Morgan fingerprint density at radius 3 is 2.80 bits per heavy atom. The van der Waals surface area contributed by atoms with E-state index in [-0.39, 0.29) is 18.9 Å². The van der Waals surface area contributed by atoms with Crippen molar-refractivity contribution in [2.24, 2.45) is 0 Å². The van der Waals surface area contributed by atoms with E-state index in [4.69, 9.17) is 4.42 Å². The van der Waals surface area contributed by atoms with Gasteiger partial charge in [-0.3, -0.25) is 0 Å². The minimum atomic E-state index is 0. The zero-order chi connectivity index (χ0) is 6.10. The summed E-state index contributed by atoms with van der Waals surface area (Å²) in [5.41, 5.74) is 1.76. The van der Waals surface area contributed by atoms with Gasteiger partial charge in [0, 0.05) is 0 Å². The zero-order valence-corrected chi connectivity index (χ0v) is 4.74. The first kappa shape index (κ1) is 7.40. The van der Waals surface area contributed by atoms with Crippen LogP contribution in [-0.2, 0) is 0 Å². The van der Waals surface area contributed by atoms with Crippen LogP contribution in [0.1, 0.15) is 0 Å². The van der Waals surface area contributed by atoms with Gasteiger partial charge < -0.3 is 4.42 Å². The number of fused-ring (bicyclic) bond motifs is 1. The topological polar surface area (TPSA) is 26.0 Å². The molecule has 0 aliphatic heterocycles. The Hall–Kier alpha value is -0.713. The van der Waals surface area contributed by atoms with E-state index in [1.807, 2.05) is 24.3 Å². The van der Waals surface area contributed by atoms with Crippen LogP contribution in [0.15, 0.2) is 35.1 Å². The molecule has 0 aliphatic carbocycles. The van der Waals surface area contributed by atoms with Gasteiger partial charge in [-0.1, -0.05) is 12.1 Å². The Labute approximate surface area is 70.4 Å². The Morgan fingerprint density at radius 1 is 1.20 bits per heavy atom. The van der Waals surface area contributed by atoms with E-state index in [1.165, 1.54) is 6.39 Å². The number of para-hydroxylation sites is 2. The van der Waals surface area contributed by atoms with Crippen molar-refractivity contribution in [2.45, 2.75) is 0 Å². The van der Waals surface area contributed by atoms with Gasteiger partial charge in [-0.15, -0.1) is 0 Å². The average Bonchev–Trinajstić information content (AvgIpc) is 2.33. The van der Waals surface area contributed by atoms with Crippen molar-refractivity contribution in [1.82, 2.24) is 4.98 Å². The number of aromatic nitrogens is 1. The second-order valence-electron chi connectivity index (χ2n) is 1.82. The summed E-state index contributed by atoms with van der Waals surface area (Å²) < 4.78 is 5.01. The second kappa shape index (κ2) is 2.92. The molecular weight excluding hydrogens is 121 g/mol. The molecule has 1 aromatic heterocycles. The summed E-state index contributed by atoms with van der Waals surface area (Å²) in [5.74, 6) is 0. The average molecular weight is 127 g/mol. The molecule has 0 atom stereocenters. The third-order valence-electron chi connectivity index (χ3n) is 1.24. The number of hydrogen-bond donors (Lipinski definition) is 0. The van der Waals surface area contributed by atoms with Gasteiger partial charge in [-0.2, -0.15) is 0 Å². The van der Waals surface area contributed by atoms with Gasteiger partial charge >= 0.3 is 18.9 Å². The van der Waals surface area contributed by atoms with Crippen LogP contribution in [0.3, 0.4) is 0 Å². The second-order valence-corrected chi connectivity index (χ2v) is 1.82. The van der Waals surface area contributed by atoms with Crippen LogP contribution in [0, 0.1) is 0 Å². The molecule has 0 amide bonds. The fourth-order valence-electron chi connectivity index (χ4n) is 0.803. The van der Waals surface area contributed by atoms with Crippen LogP contribution in [-0.4, -0.2) is 23.8 Å². The first-order chi connectivity index (χ1) is 4.47. The van der Waals surface area contributed by atoms with E-state index in [9.17, 15) is 0 Å². The van der Waals surface area contributed by atoms with Crippen molar-refractivity contribution in [2.75, 3.05) is 0 Å². The zero-order valence-electron chi connectivity index (χ0n) is 4.74. The van der Waals surface area contributed by atoms with E-state index in [1.54, 1.807) is 0 Å². The maximum atomic E-state index is 5.01. The van der Waals surface area contributed by atoms with Crippen LogP contribution < -0.4 is 0 Å². The van der Waals surface area contributed by atoms with Gasteiger partial charge in [0.2, 0.25) is 0 Å². The third-order valence-corrected chi connectivity index (χ3v) is 1.24. The molecule has 3 heteroatoms. The fourth-order valence-corrected chi connectivity index (χ4v) is 0.803. The van der Waals surface area contributed by atoms with Gasteiger partial charge in [-0.05, 0) is 12.1 Å². The predicted molar refractivity (Wildman–Crippen MR) is 41.2 cm³/mol. The Bertz CT molecular complexity index is 288.